The molecule has 3 heterocycles. The Morgan fingerprint density at radius 3 is 2.76 bits per heavy atom. The van der Waals surface area contributed by atoms with E-state index in [9.17, 15) is 9.59 Å². The molecule has 0 spiro atoms. The van der Waals surface area contributed by atoms with Gasteiger partial charge in [0.25, 0.3) is 5.56 Å². The van der Waals surface area contributed by atoms with Crippen LogP contribution in [0, 0.1) is 5.92 Å². The molecule has 5 rings (SSSR count). The predicted molar refractivity (Wildman–Crippen MR) is 133 cm³/mol. The molecule has 0 unspecified atom stereocenters. The van der Waals surface area contributed by atoms with Crippen LogP contribution >= 0.6 is 11.3 Å². The summed E-state index contributed by atoms with van der Waals surface area (Å²) in [5, 5.41) is 3.76. The van der Waals surface area contributed by atoms with Crippen molar-refractivity contribution in [1.29, 1.82) is 0 Å². The van der Waals surface area contributed by atoms with Crippen molar-refractivity contribution in [1.82, 2.24) is 20.2 Å². The van der Waals surface area contributed by atoms with E-state index < -0.39 is 0 Å². The number of H-pyrrole nitrogens is 1. The topological polar surface area (TPSA) is 78.1 Å². The van der Waals surface area contributed by atoms with E-state index in [1.165, 1.54) is 41.9 Å². The Hall–Kier alpha value is -2.51. The third kappa shape index (κ3) is 5.20. The van der Waals surface area contributed by atoms with Gasteiger partial charge in [0.2, 0.25) is 5.91 Å². The standard InChI is InChI=1S/C26H32N4O2S/c1-17-4-9-20-21(14-17)33-26-24(20)25(32)28-22(29-26)10-11-23(31)27-15-18-5-7-19(8-6-18)16-30-12-2-3-13-30/h5-8,17H,2-4,9-16H2,1H3,(H,27,31)(H,28,29,32)/t17-/m0/s1. The van der Waals surface area contributed by atoms with Crippen LogP contribution < -0.4 is 10.9 Å². The van der Waals surface area contributed by atoms with Gasteiger partial charge in [-0.2, -0.15) is 0 Å². The van der Waals surface area contributed by atoms with Crippen LogP contribution in [0.25, 0.3) is 10.2 Å². The fourth-order valence-corrected chi connectivity index (χ4v) is 6.40. The molecule has 6 nitrogen and oxygen atoms in total. The van der Waals surface area contributed by atoms with Gasteiger partial charge < -0.3 is 10.3 Å². The first-order chi connectivity index (χ1) is 16.0. The molecule has 1 aliphatic heterocycles. The van der Waals surface area contributed by atoms with Gasteiger partial charge >= 0.3 is 0 Å². The van der Waals surface area contributed by atoms with Crippen molar-refractivity contribution in [2.24, 2.45) is 5.92 Å². The lowest BCUT2D eigenvalue weighted by atomic mass is 9.89. The highest BCUT2D eigenvalue weighted by Crippen LogP contribution is 2.35. The van der Waals surface area contributed by atoms with E-state index in [1.807, 2.05) is 0 Å². The van der Waals surface area contributed by atoms with E-state index >= 15 is 0 Å². The van der Waals surface area contributed by atoms with Crippen LogP contribution in [0.3, 0.4) is 0 Å². The maximum absolute atomic E-state index is 12.7. The molecule has 1 saturated heterocycles. The van der Waals surface area contributed by atoms with Crippen LogP contribution in [0.2, 0.25) is 0 Å². The summed E-state index contributed by atoms with van der Waals surface area (Å²) in [7, 11) is 0. The maximum atomic E-state index is 12.7. The number of aryl methyl sites for hydroxylation is 2. The Bertz CT molecular complexity index is 1190. The SMILES string of the molecule is C[C@H]1CCc2c(sc3nc(CCC(=O)NCc4ccc(CN5CCCC5)cc4)[nH]c(=O)c23)C1. The van der Waals surface area contributed by atoms with Crippen molar-refractivity contribution in [3.63, 3.8) is 0 Å². The lowest BCUT2D eigenvalue weighted by Crippen LogP contribution is -2.24. The number of benzene rings is 1. The number of nitrogens with one attached hydrogen (secondary N) is 2. The average Bonchev–Trinajstić information content (AvgIpc) is 3.44. The van der Waals surface area contributed by atoms with Gasteiger partial charge in [0.1, 0.15) is 10.7 Å². The molecule has 1 atom stereocenters. The lowest BCUT2D eigenvalue weighted by Gasteiger charge is -2.17. The third-order valence-electron chi connectivity index (χ3n) is 6.92. The zero-order valence-electron chi connectivity index (χ0n) is 19.3. The minimum Gasteiger partial charge on any atom is -0.352 e. The van der Waals surface area contributed by atoms with Crippen LogP contribution in [0.5, 0.6) is 0 Å². The predicted octanol–water partition coefficient (Wildman–Crippen LogP) is 3.95. The minimum atomic E-state index is -0.0588. The number of carbonyl (C=O) groups excluding carboxylic acids is 1. The summed E-state index contributed by atoms with van der Waals surface area (Å²) in [5.41, 5.74) is 3.55. The second kappa shape index (κ2) is 9.77. The molecule has 0 radical (unpaired) electrons. The smallest absolute Gasteiger partial charge is 0.259 e. The van der Waals surface area contributed by atoms with E-state index in [0.717, 1.165) is 41.6 Å². The number of thiophene rings is 1. The van der Waals surface area contributed by atoms with Crippen molar-refractivity contribution < 1.29 is 4.79 Å². The zero-order valence-corrected chi connectivity index (χ0v) is 20.1. The number of carbonyl (C=O) groups is 1. The summed E-state index contributed by atoms with van der Waals surface area (Å²) < 4.78 is 0. The molecular formula is C26H32N4O2S. The Morgan fingerprint density at radius 2 is 1.97 bits per heavy atom. The summed E-state index contributed by atoms with van der Waals surface area (Å²) >= 11 is 1.65. The van der Waals surface area contributed by atoms with E-state index in [1.54, 1.807) is 11.3 Å². The van der Waals surface area contributed by atoms with Crippen LogP contribution in [0.15, 0.2) is 29.1 Å². The highest BCUT2D eigenvalue weighted by Gasteiger charge is 2.23. The van der Waals surface area contributed by atoms with Gasteiger partial charge in [0.15, 0.2) is 0 Å². The van der Waals surface area contributed by atoms with Crippen molar-refractivity contribution >= 4 is 27.5 Å². The summed E-state index contributed by atoms with van der Waals surface area (Å²) in [6, 6.07) is 8.51. The highest BCUT2D eigenvalue weighted by atomic mass is 32.1. The van der Waals surface area contributed by atoms with Gasteiger partial charge in [-0.15, -0.1) is 11.3 Å². The van der Waals surface area contributed by atoms with Gasteiger partial charge in [-0.3, -0.25) is 14.5 Å². The number of aromatic nitrogens is 2. The molecule has 1 aromatic carbocycles. The fraction of sp³-hybridized carbons (Fsp3) is 0.500. The van der Waals surface area contributed by atoms with Gasteiger partial charge in [0, 0.05) is 30.8 Å². The number of aromatic amines is 1. The molecule has 0 saturated carbocycles. The van der Waals surface area contributed by atoms with Crippen molar-refractivity contribution in [3.05, 3.63) is 62.0 Å². The number of hydrogen-bond donors (Lipinski definition) is 2. The van der Waals surface area contributed by atoms with Crippen molar-refractivity contribution in [3.8, 4) is 0 Å². The van der Waals surface area contributed by atoms with Gasteiger partial charge in [-0.25, -0.2) is 4.98 Å². The number of fused-ring (bicyclic) bond motifs is 3. The van der Waals surface area contributed by atoms with E-state index in [2.05, 4.69) is 51.4 Å². The van der Waals surface area contributed by atoms with E-state index in [0.29, 0.717) is 31.1 Å². The number of likely N-dealkylation sites (tertiary alicyclic amines) is 1. The molecular weight excluding hydrogens is 432 g/mol. The summed E-state index contributed by atoms with van der Waals surface area (Å²) in [6.07, 6.45) is 6.47. The molecule has 1 aliphatic carbocycles. The maximum Gasteiger partial charge on any atom is 0.259 e. The van der Waals surface area contributed by atoms with Crippen molar-refractivity contribution in [2.75, 3.05) is 13.1 Å². The van der Waals surface area contributed by atoms with Crippen LogP contribution in [0.1, 0.15) is 60.0 Å². The van der Waals surface area contributed by atoms with Crippen LogP contribution in [-0.4, -0.2) is 33.9 Å². The largest absolute Gasteiger partial charge is 0.352 e. The normalized spacial score (nSPS) is 18.5. The van der Waals surface area contributed by atoms with Crippen LogP contribution in [-0.2, 0) is 37.1 Å². The molecule has 1 fully saturated rings. The Kier molecular flexibility index (Phi) is 6.60. The number of rotatable bonds is 7. The first kappa shape index (κ1) is 22.3. The molecule has 1 amide bonds. The quantitative estimate of drug-likeness (QED) is 0.555. The van der Waals surface area contributed by atoms with Crippen molar-refractivity contribution in [2.45, 2.75) is 65.0 Å². The summed E-state index contributed by atoms with van der Waals surface area (Å²) in [6.45, 7) is 6.17. The number of hydrogen-bond acceptors (Lipinski definition) is 5. The molecule has 0 bridgehead atoms. The molecule has 33 heavy (non-hydrogen) atoms. The van der Waals surface area contributed by atoms with Gasteiger partial charge in [-0.1, -0.05) is 31.2 Å². The zero-order chi connectivity index (χ0) is 22.8. The molecule has 2 aromatic heterocycles. The lowest BCUT2D eigenvalue weighted by molar-refractivity contribution is -0.121. The Morgan fingerprint density at radius 1 is 1.21 bits per heavy atom. The molecule has 3 aromatic rings. The monoisotopic (exact) mass is 464 g/mol. The van der Waals surface area contributed by atoms with Crippen LogP contribution in [0.4, 0.5) is 0 Å². The second-order valence-corrected chi connectivity index (χ2v) is 10.7. The molecule has 2 aliphatic rings. The summed E-state index contributed by atoms with van der Waals surface area (Å²) in [4.78, 5) is 37.3. The molecule has 2 N–H and O–H groups in total. The highest BCUT2D eigenvalue weighted by molar-refractivity contribution is 7.18. The minimum absolute atomic E-state index is 0.0295. The second-order valence-electron chi connectivity index (χ2n) is 9.62. The fourth-order valence-electron chi connectivity index (χ4n) is 4.99. The first-order valence-corrected chi connectivity index (χ1v) is 13.0. The van der Waals surface area contributed by atoms with E-state index in [-0.39, 0.29) is 11.5 Å². The summed E-state index contributed by atoms with van der Waals surface area (Å²) in [5.74, 6) is 1.23. The molecule has 174 valence electrons. The molecule has 7 heteroatoms. The average molecular weight is 465 g/mol. The third-order valence-corrected chi connectivity index (χ3v) is 8.07. The first-order valence-electron chi connectivity index (χ1n) is 12.2. The Balaban J connectivity index is 1.14. The Labute approximate surface area is 198 Å². The van der Waals surface area contributed by atoms with Gasteiger partial charge in [0.05, 0.1) is 5.39 Å². The number of amides is 1. The van der Waals surface area contributed by atoms with E-state index in [4.69, 9.17) is 0 Å². The van der Waals surface area contributed by atoms with Gasteiger partial charge in [-0.05, 0) is 67.8 Å². The number of nitrogens with zero attached hydrogens (tertiary/aromatic N) is 2.